The molecule has 0 atom stereocenters. The van der Waals surface area contributed by atoms with Crippen molar-refractivity contribution < 1.29 is 17.8 Å². The van der Waals surface area contributed by atoms with Gasteiger partial charge in [0.25, 0.3) is 10.1 Å². The molecule has 1 aromatic carbocycles. The lowest BCUT2D eigenvalue weighted by molar-refractivity contribution is -0.118. The van der Waals surface area contributed by atoms with E-state index in [9.17, 15) is 13.2 Å². The summed E-state index contributed by atoms with van der Waals surface area (Å²) in [6.45, 7) is 1.47. The molecule has 1 amide bonds. The first kappa shape index (κ1) is 13.6. The average Bonchev–Trinajstić information content (AvgIpc) is 2.19. The standard InChI is InChI=1S/C6H6O3S.C3H7NO/c7-10(8,9)6-4-2-1-3-5-6;1-3(5)4-2/h1-5H,(H,7,8,9);1-2H3,(H,4,5). The summed E-state index contributed by atoms with van der Waals surface area (Å²) in [5.41, 5.74) is 0. The lowest BCUT2D eigenvalue weighted by Gasteiger charge is -1.92. The predicted molar refractivity (Wildman–Crippen MR) is 56.0 cm³/mol. The Balaban J connectivity index is 0.000000336. The van der Waals surface area contributed by atoms with Crippen LogP contribution in [0.1, 0.15) is 6.92 Å². The average molecular weight is 231 g/mol. The van der Waals surface area contributed by atoms with Crippen LogP contribution in [0.2, 0.25) is 0 Å². The van der Waals surface area contributed by atoms with Gasteiger partial charge in [-0.25, -0.2) is 0 Å². The Morgan fingerprint density at radius 1 is 1.27 bits per heavy atom. The number of amides is 1. The van der Waals surface area contributed by atoms with Crippen LogP contribution in [-0.2, 0) is 14.9 Å². The summed E-state index contributed by atoms with van der Waals surface area (Å²) in [6, 6.07) is 7.42. The van der Waals surface area contributed by atoms with Crippen molar-refractivity contribution in [2.24, 2.45) is 0 Å². The first-order valence-corrected chi connectivity index (χ1v) is 5.52. The molecule has 0 saturated carbocycles. The van der Waals surface area contributed by atoms with Gasteiger partial charge in [0.15, 0.2) is 0 Å². The predicted octanol–water partition coefficient (Wildman–Crippen LogP) is 0.686. The molecular weight excluding hydrogens is 218 g/mol. The minimum atomic E-state index is -4.00. The van der Waals surface area contributed by atoms with Crippen LogP contribution in [0.25, 0.3) is 0 Å². The van der Waals surface area contributed by atoms with Gasteiger partial charge < -0.3 is 5.32 Å². The van der Waals surface area contributed by atoms with E-state index in [1.165, 1.54) is 19.1 Å². The van der Waals surface area contributed by atoms with Crippen LogP contribution in [0.3, 0.4) is 0 Å². The van der Waals surface area contributed by atoms with E-state index in [2.05, 4.69) is 5.32 Å². The zero-order chi connectivity index (χ0) is 11.9. The monoisotopic (exact) mass is 231 g/mol. The van der Waals surface area contributed by atoms with Crippen molar-refractivity contribution >= 4 is 16.0 Å². The van der Waals surface area contributed by atoms with Crippen LogP contribution < -0.4 is 5.32 Å². The quantitative estimate of drug-likeness (QED) is 0.696. The fraction of sp³-hybridized carbons (Fsp3) is 0.222. The Hall–Kier alpha value is -1.40. The molecule has 0 aliphatic heterocycles. The van der Waals surface area contributed by atoms with Crippen LogP contribution in [-0.4, -0.2) is 25.9 Å². The fourth-order valence-corrected chi connectivity index (χ4v) is 1.09. The van der Waals surface area contributed by atoms with Crippen molar-refractivity contribution in [3.05, 3.63) is 30.3 Å². The van der Waals surface area contributed by atoms with Gasteiger partial charge in [0.1, 0.15) is 0 Å². The highest BCUT2D eigenvalue weighted by Crippen LogP contribution is 2.05. The third-order valence-electron chi connectivity index (χ3n) is 1.39. The van der Waals surface area contributed by atoms with Crippen LogP contribution in [0.5, 0.6) is 0 Å². The molecule has 0 heterocycles. The third kappa shape index (κ3) is 6.64. The van der Waals surface area contributed by atoms with Crippen LogP contribution in [0.4, 0.5) is 0 Å². The zero-order valence-corrected chi connectivity index (χ0v) is 9.28. The molecule has 1 rings (SSSR count). The molecule has 5 nitrogen and oxygen atoms in total. The highest BCUT2D eigenvalue weighted by molar-refractivity contribution is 7.85. The molecule has 84 valence electrons. The zero-order valence-electron chi connectivity index (χ0n) is 8.47. The first-order chi connectivity index (χ1) is 6.88. The summed E-state index contributed by atoms with van der Waals surface area (Å²) in [5, 5.41) is 2.39. The second kappa shape index (κ2) is 6.15. The fourth-order valence-electron chi connectivity index (χ4n) is 0.592. The molecule has 1 aromatic rings. The highest BCUT2D eigenvalue weighted by atomic mass is 32.2. The van der Waals surface area contributed by atoms with Crippen LogP contribution >= 0.6 is 0 Å². The Kier molecular flexibility index (Phi) is 5.58. The minimum absolute atomic E-state index is 0.00463. The van der Waals surface area contributed by atoms with E-state index in [1.54, 1.807) is 25.2 Å². The molecule has 0 spiro atoms. The highest BCUT2D eigenvalue weighted by Gasteiger charge is 2.05. The van der Waals surface area contributed by atoms with Gasteiger partial charge in [0.2, 0.25) is 5.91 Å². The maximum Gasteiger partial charge on any atom is 0.294 e. The molecule has 2 N–H and O–H groups in total. The van der Waals surface area contributed by atoms with Gasteiger partial charge in [-0.3, -0.25) is 9.35 Å². The Morgan fingerprint density at radius 3 is 1.87 bits per heavy atom. The minimum Gasteiger partial charge on any atom is -0.359 e. The van der Waals surface area contributed by atoms with E-state index in [1.807, 2.05) is 0 Å². The molecule has 0 fully saturated rings. The van der Waals surface area contributed by atoms with Crippen LogP contribution in [0.15, 0.2) is 35.2 Å². The maximum atomic E-state index is 10.4. The lowest BCUT2D eigenvalue weighted by Crippen LogP contribution is -2.11. The maximum absolute atomic E-state index is 10.4. The van der Waals surface area contributed by atoms with Gasteiger partial charge in [-0.05, 0) is 12.1 Å². The normalized spacial score (nSPS) is 9.80. The summed E-state index contributed by atoms with van der Waals surface area (Å²) in [5.74, 6) is 0.00463. The van der Waals surface area contributed by atoms with Crippen molar-refractivity contribution in [3.63, 3.8) is 0 Å². The summed E-state index contributed by atoms with van der Waals surface area (Å²) in [6.07, 6.45) is 0. The van der Waals surface area contributed by atoms with Crippen molar-refractivity contribution in [3.8, 4) is 0 Å². The van der Waals surface area contributed by atoms with Crippen molar-refractivity contribution in [2.75, 3.05) is 7.05 Å². The van der Waals surface area contributed by atoms with Crippen LogP contribution in [0, 0.1) is 0 Å². The number of hydrogen-bond acceptors (Lipinski definition) is 3. The SMILES string of the molecule is CNC(C)=O.O=S(=O)(O)c1ccccc1. The van der Waals surface area contributed by atoms with E-state index in [0.29, 0.717) is 0 Å². The molecule has 0 unspecified atom stereocenters. The van der Waals surface area contributed by atoms with E-state index in [4.69, 9.17) is 4.55 Å². The van der Waals surface area contributed by atoms with Crippen molar-refractivity contribution in [2.45, 2.75) is 11.8 Å². The second-order valence-corrected chi connectivity index (χ2v) is 4.02. The number of hydrogen-bond donors (Lipinski definition) is 2. The summed E-state index contributed by atoms with van der Waals surface area (Å²) in [7, 11) is -2.40. The van der Waals surface area contributed by atoms with E-state index >= 15 is 0 Å². The molecule has 0 aliphatic carbocycles. The van der Waals surface area contributed by atoms with Gasteiger partial charge in [-0.2, -0.15) is 8.42 Å². The number of benzene rings is 1. The largest absolute Gasteiger partial charge is 0.359 e. The Labute approximate surface area is 88.9 Å². The molecular formula is C9H13NO4S. The topological polar surface area (TPSA) is 83.5 Å². The summed E-state index contributed by atoms with van der Waals surface area (Å²) in [4.78, 5) is 9.63. The molecule has 0 aliphatic rings. The van der Waals surface area contributed by atoms with E-state index in [-0.39, 0.29) is 10.8 Å². The number of nitrogens with one attached hydrogen (secondary N) is 1. The third-order valence-corrected chi connectivity index (χ3v) is 2.26. The van der Waals surface area contributed by atoms with Gasteiger partial charge >= 0.3 is 0 Å². The van der Waals surface area contributed by atoms with Gasteiger partial charge in [0, 0.05) is 14.0 Å². The number of rotatable bonds is 1. The van der Waals surface area contributed by atoms with E-state index < -0.39 is 10.1 Å². The van der Waals surface area contributed by atoms with Crippen molar-refractivity contribution in [1.82, 2.24) is 5.32 Å². The number of carbonyl (C=O) groups is 1. The molecule has 0 saturated heterocycles. The van der Waals surface area contributed by atoms with Gasteiger partial charge in [-0.15, -0.1) is 0 Å². The first-order valence-electron chi connectivity index (χ1n) is 4.08. The van der Waals surface area contributed by atoms with E-state index in [0.717, 1.165) is 0 Å². The number of carbonyl (C=O) groups excluding carboxylic acids is 1. The smallest absolute Gasteiger partial charge is 0.294 e. The van der Waals surface area contributed by atoms with Crippen molar-refractivity contribution in [1.29, 1.82) is 0 Å². The van der Waals surface area contributed by atoms with Gasteiger partial charge in [0.05, 0.1) is 4.90 Å². The summed E-state index contributed by atoms with van der Waals surface area (Å²) < 4.78 is 29.2. The van der Waals surface area contributed by atoms with Gasteiger partial charge in [-0.1, -0.05) is 18.2 Å². The molecule has 15 heavy (non-hydrogen) atoms. The second-order valence-electron chi connectivity index (χ2n) is 2.59. The Morgan fingerprint density at radius 2 is 1.67 bits per heavy atom. The lowest BCUT2D eigenvalue weighted by atomic mass is 10.4. The summed E-state index contributed by atoms with van der Waals surface area (Å²) >= 11 is 0. The molecule has 6 heteroatoms. The Bertz CT molecular complexity index is 399. The molecule has 0 aromatic heterocycles. The molecule has 0 radical (unpaired) electrons. The molecule has 0 bridgehead atoms.